The number of hydrogen-bond donors (Lipinski definition) is 2. The van der Waals surface area contributed by atoms with Gasteiger partial charge in [0.25, 0.3) is 0 Å². The van der Waals surface area contributed by atoms with Crippen molar-refractivity contribution in [2.45, 2.75) is 19.0 Å². The number of amides is 1. The van der Waals surface area contributed by atoms with Crippen molar-refractivity contribution in [2.75, 3.05) is 6.54 Å². The number of nitrogens with zero attached hydrogens (tertiary/aromatic N) is 2. The fourth-order valence-electron chi connectivity index (χ4n) is 2.07. The number of nitrogens with one attached hydrogen (secondary N) is 2. The predicted octanol–water partition coefficient (Wildman–Crippen LogP) is 0.312. The first-order valence-corrected chi connectivity index (χ1v) is 5.74. The maximum absolute atomic E-state index is 11.0. The van der Waals surface area contributed by atoms with E-state index in [0.717, 1.165) is 11.3 Å². The van der Waals surface area contributed by atoms with Gasteiger partial charge in [0.2, 0.25) is 5.91 Å². The molecule has 5 heteroatoms. The lowest BCUT2D eigenvalue weighted by atomic mass is 10.2. The fourth-order valence-corrected chi connectivity index (χ4v) is 2.07. The van der Waals surface area contributed by atoms with E-state index in [1.165, 1.54) is 0 Å². The van der Waals surface area contributed by atoms with Crippen LogP contribution in [0.2, 0.25) is 0 Å². The summed E-state index contributed by atoms with van der Waals surface area (Å²) in [4.78, 5) is 15.5. The molecule has 0 aliphatic carbocycles. The van der Waals surface area contributed by atoms with Gasteiger partial charge < -0.3 is 15.0 Å². The number of rotatable bonds is 3. The minimum Gasteiger partial charge on any atom is -0.354 e. The third kappa shape index (κ3) is 2.14. The molecule has 2 aromatic rings. The van der Waals surface area contributed by atoms with E-state index in [-0.39, 0.29) is 11.9 Å². The van der Waals surface area contributed by atoms with Gasteiger partial charge in [0.05, 0.1) is 5.69 Å². The zero-order valence-corrected chi connectivity index (χ0v) is 9.39. The van der Waals surface area contributed by atoms with Crippen molar-refractivity contribution < 1.29 is 4.79 Å². The van der Waals surface area contributed by atoms with E-state index in [2.05, 4.69) is 15.6 Å². The topological polar surface area (TPSA) is 58.4 Å². The average molecular weight is 230 g/mol. The standard InChI is InChI=1S/C12H14N4O/c17-12-5-9(6-14-12)13-7-10-8-16-4-2-1-3-11(16)15-10/h1-4,8-9,13H,5-7H2,(H,14,17). The van der Waals surface area contributed by atoms with Crippen molar-refractivity contribution in [1.29, 1.82) is 0 Å². The number of imidazole rings is 1. The second-order valence-corrected chi connectivity index (χ2v) is 4.28. The Morgan fingerprint density at radius 2 is 2.47 bits per heavy atom. The summed E-state index contributed by atoms with van der Waals surface area (Å²) in [6.07, 6.45) is 4.55. The zero-order chi connectivity index (χ0) is 11.7. The Hall–Kier alpha value is -1.88. The summed E-state index contributed by atoms with van der Waals surface area (Å²) >= 11 is 0. The molecule has 3 rings (SSSR count). The van der Waals surface area contributed by atoms with Gasteiger partial charge in [-0.05, 0) is 12.1 Å². The molecule has 1 saturated heterocycles. The SMILES string of the molecule is O=C1CC(NCc2cn3ccccc3n2)CN1. The first-order valence-electron chi connectivity index (χ1n) is 5.74. The smallest absolute Gasteiger partial charge is 0.221 e. The number of fused-ring (bicyclic) bond motifs is 1. The summed E-state index contributed by atoms with van der Waals surface area (Å²) in [5, 5.41) is 6.14. The number of hydrogen-bond acceptors (Lipinski definition) is 3. The number of aromatic nitrogens is 2. The van der Waals surface area contributed by atoms with E-state index < -0.39 is 0 Å². The van der Waals surface area contributed by atoms with Crippen molar-refractivity contribution in [3.8, 4) is 0 Å². The Morgan fingerprint density at radius 3 is 3.24 bits per heavy atom. The molecule has 1 aliphatic rings. The third-order valence-electron chi connectivity index (χ3n) is 2.96. The first-order chi connectivity index (χ1) is 8.31. The van der Waals surface area contributed by atoms with Gasteiger partial charge in [-0.1, -0.05) is 6.07 Å². The summed E-state index contributed by atoms with van der Waals surface area (Å²) in [7, 11) is 0. The molecule has 1 aliphatic heterocycles. The molecule has 88 valence electrons. The molecule has 2 N–H and O–H groups in total. The molecule has 1 unspecified atom stereocenters. The molecular formula is C12H14N4O. The molecule has 2 aromatic heterocycles. The van der Waals surface area contributed by atoms with E-state index in [0.29, 0.717) is 19.5 Å². The highest BCUT2D eigenvalue weighted by atomic mass is 16.1. The van der Waals surface area contributed by atoms with Gasteiger partial charge in [0.1, 0.15) is 5.65 Å². The molecule has 0 aromatic carbocycles. The Labute approximate surface area is 98.8 Å². The highest BCUT2D eigenvalue weighted by Crippen LogP contribution is 2.06. The van der Waals surface area contributed by atoms with Crippen LogP contribution in [0.3, 0.4) is 0 Å². The van der Waals surface area contributed by atoms with Crippen molar-refractivity contribution >= 4 is 11.6 Å². The molecule has 1 fully saturated rings. The molecule has 0 saturated carbocycles. The predicted molar refractivity (Wildman–Crippen MR) is 63.4 cm³/mol. The minimum absolute atomic E-state index is 0.123. The Morgan fingerprint density at radius 1 is 1.53 bits per heavy atom. The average Bonchev–Trinajstić information content (AvgIpc) is 2.91. The van der Waals surface area contributed by atoms with E-state index in [1.807, 2.05) is 35.0 Å². The Bertz CT molecular complexity index is 515. The summed E-state index contributed by atoms with van der Waals surface area (Å²) in [6.45, 7) is 1.41. The highest BCUT2D eigenvalue weighted by molar-refractivity contribution is 5.78. The zero-order valence-electron chi connectivity index (χ0n) is 9.39. The van der Waals surface area contributed by atoms with Crippen molar-refractivity contribution in [2.24, 2.45) is 0 Å². The molecule has 1 atom stereocenters. The Balaban J connectivity index is 1.66. The lowest BCUT2D eigenvalue weighted by Gasteiger charge is -2.07. The van der Waals surface area contributed by atoms with Crippen LogP contribution in [0.4, 0.5) is 0 Å². The van der Waals surface area contributed by atoms with E-state index in [4.69, 9.17) is 0 Å². The van der Waals surface area contributed by atoms with E-state index in [9.17, 15) is 4.79 Å². The molecule has 5 nitrogen and oxygen atoms in total. The van der Waals surface area contributed by atoms with Crippen LogP contribution in [-0.2, 0) is 11.3 Å². The quantitative estimate of drug-likeness (QED) is 0.798. The number of carbonyl (C=O) groups is 1. The van der Waals surface area contributed by atoms with Gasteiger partial charge in [-0.2, -0.15) is 0 Å². The molecule has 0 bridgehead atoms. The molecule has 0 spiro atoms. The van der Waals surface area contributed by atoms with Crippen molar-refractivity contribution in [1.82, 2.24) is 20.0 Å². The summed E-state index contributed by atoms with van der Waals surface area (Å²) in [5.41, 5.74) is 1.94. The fraction of sp³-hybridized carbons (Fsp3) is 0.333. The van der Waals surface area contributed by atoms with Crippen LogP contribution in [0.15, 0.2) is 30.6 Å². The van der Waals surface area contributed by atoms with Crippen LogP contribution in [0.25, 0.3) is 5.65 Å². The lowest BCUT2D eigenvalue weighted by Crippen LogP contribution is -2.30. The first kappa shape index (κ1) is 10.3. The molecule has 3 heterocycles. The normalized spacial score (nSPS) is 19.8. The van der Waals surface area contributed by atoms with Gasteiger partial charge >= 0.3 is 0 Å². The molecule has 1 amide bonds. The summed E-state index contributed by atoms with van der Waals surface area (Å²) in [6, 6.07) is 6.15. The van der Waals surface area contributed by atoms with Crippen LogP contribution >= 0.6 is 0 Å². The van der Waals surface area contributed by atoms with Gasteiger partial charge in [-0.25, -0.2) is 4.98 Å². The van der Waals surface area contributed by atoms with Crippen LogP contribution < -0.4 is 10.6 Å². The summed E-state index contributed by atoms with van der Waals surface area (Å²) < 4.78 is 2.00. The van der Waals surface area contributed by atoms with Gasteiger partial charge in [-0.3, -0.25) is 4.79 Å². The Kier molecular flexibility index (Phi) is 2.53. The lowest BCUT2D eigenvalue weighted by molar-refractivity contribution is -0.119. The molecule has 0 radical (unpaired) electrons. The van der Waals surface area contributed by atoms with Gasteiger partial charge in [0, 0.05) is 37.9 Å². The van der Waals surface area contributed by atoms with E-state index in [1.54, 1.807) is 0 Å². The van der Waals surface area contributed by atoms with Gasteiger partial charge in [0.15, 0.2) is 0 Å². The second kappa shape index (κ2) is 4.18. The summed E-state index contributed by atoms with van der Waals surface area (Å²) in [5.74, 6) is 0.123. The maximum Gasteiger partial charge on any atom is 0.221 e. The molecule has 17 heavy (non-hydrogen) atoms. The molecular weight excluding hydrogens is 216 g/mol. The van der Waals surface area contributed by atoms with Crippen molar-refractivity contribution in [3.63, 3.8) is 0 Å². The third-order valence-corrected chi connectivity index (χ3v) is 2.96. The van der Waals surface area contributed by atoms with Crippen LogP contribution in [0.5, 0.6) is 0 Å². The largest absolute Gasteiger partial charge is 0.354 e. The minimum atomic E-state index is 0.123. The number of carbonyl (C=O) groups excluding carboxylic acids is 1. The van der Waals surface area contributed by atoms with E-state index >= 15 is 0 Å². The van der Waals surface area contributed by atoms with Crippen molar-refractivity contribution in [3.05, 3.63) is 36.3 Å². The monoisotopic (exact) mass is 230 g/mol. The van der Waals surface area contributed by atoms with Crippen LogP contribution in [0.1, 0.15) is 12.1 Å². The maximum atomic E-state index is 11.0. The van der Waals surface area contributed by atoms with Gasteiger partial charge in [-0.15, -0.1) is 0 Å². The van der Waals surface area contributed by atoms with Crippen LogP contribution in [0, 0.1) is 0 Å². The second-order valence-electron chi connectivity index (χ2n) is 4.28. The number of pyridine rings is 1. The van der Waals surface area contributed by atoms with Crippen LogP contribution in [-0.4, -0.2) is 27.9 Å². The highest BCUT2D eigenvalue weighted by Gasteiger charge is 2.20.